The molecule has 2 aromatic carbocycles. The van der Waals surface area contributed by atoms with Crippen molar-refractivity contribution in [3.63, 3.8) is 0 Å². The summed E-state index contributed by atoms with van der Waals surface area (Å²) in [5, 5.41) is 4.47. The summed E-state index contributed by atoms with van der Waals surface area (Å²) in [5.41, 5.74) is 6.66. The van der Waals surface area contributed by atoms with Gasteiger partial charge in [0.2, 0.25) is 0 Å². The largest absolute Gasteiger partial charge is 0.379 e. The van der Waals surface area contributed by atoms with Gasteiger partial charge in [-0.1, -0.05) is 77.1 Å². The number of rotatable bonds is 9. The van der Waals surface area contributed by atoms with Gasteiger partial charge in [0.15, 0.2) is 5.11 Å². The van der Waals surface area contributed by atoms with Crippen molar-refractivity contribution in [2.24, 2.45) is 0 Å². The maximum atomic E-state index is 6.01. The highest BCUT2D eigenvalue weighted by molar-refractivity contribution is 7.80. The molecule has 0 spiro atoms. The van der Waals surface area contributed by atoms with E-state index in [1.165, 1.54) is 27.9 Å². The second-order valence-corrected chi connectivity index (χ2v) is 10.7. The van der Waals surface area contributed by atoms with E-state index < -0.39 is 0 Å². The van der Waals surface area contributed by atoms with Crippen molar-refractivity contribution in [3.8, 4) is 0 Å². The Labute approximate surface area is 212 Å². The molecule has 0 aliphatic carbocycles. The van der Waals surface area contributed by atoms with Gasteiger partial charge in [0.25, 0.3) is 0 Å². The molecule has 0 atom stereocenters. The van der Waals surface area contributed by atoms with Gasteiger partial charge >= 0.3 is 0 Å². The molecule has 0 amide bonds. The highest BCUT2D eigenvalue weighted by atomic mass is 32.1. The Hall–Kier alpha value is -1.95. The fourth-order valence-electron chi connectivity index (χ4n) is 4.48. The Kier molecular flexibility index (Phi) is 9.93. The number of para-hydroxylation sites is 1. The van der Waals surface area contributed by atoms with E-state index in [0.717, 1.165) is 70.3 Å². The second-order valence-electron chi connectivity index (χ2n) is 10.3. The average molecular weight is 482 g/mol. The third kappa shape index (κ3) is 7.53. The fourth-order valence-corrected chi connectivity index (χ4v) is 4.74. The van der Waals surface area contributed by atoms with Crippen LogP contribution in [0.2, 0.25) is 0 Å². The molecule has 1 fully saturated rings. The number of benzene rings is 2. The second kappa shape index (κ2) is 12.7. The van der Waals surface area contributed by atoms with E-state index in [4.69, 9.17) is 17.0 Å². The summed E-state index contributed by atoms with van der Waals surface area (Å²) in [6, 6.07) is 15.6. The minimum atomic E-state index is 0.160. The molecular weight excluding hydrogens is 438 g/mol. The van der Waals surface area contributed by atoms with Gasteiger partial charge in [-0.2, -0.15) is 0 Å². The van der Waals surface area contributed by atoms with Gasteiger partial charge in [-0.15, -0.1) is 0 Å². The zero-order chi connectivity index (χ0) is 24.6. The van der Waals surface area contributed by atoms with Crippen molar-refractivity contribution < 1.29 is 4.74 Å². The van der Waals surface area contributed by atoms with Gasteiger partial charge in [0, 0.05) is 38.4 Å². The topological polar surface area (TPSA) is 27.7 Å². The smallest absolute Gasteiger partial charge is 0.173 e. The lowest BCUT2D eigenvalue weighted by atomic mass is 9.87. The Morgan fingerprint density at radius 2 is 1.62 bits per heavy atom. The number of hydrogen-bond acceptors (Lipinski definition) is 3. The van der Waals surface area contributed by atoms with Crippen molar-refractivity contribution >= 4 is 23.0 Å². The van der Waals surface area contributed by atoms with E-state index in [-0.39, 0.29) is 5.41 Å². The van der Waals surface area contributed by atoms with Crippen LogP contribution in [0.5, 0.6) is 0 Å². The quantitative estimate of drug-likeness (QED) is 0.442. The first kappa shape index (κ1) is 26.7. The number of ether oxygens (including phenoxy) is 1. The molecule has 0 unspecified atom stereocenters. The van der Waals surface area contributed by atoms with Gasteiger partial charge in [-0.3, -0.25) is 4.90 Å². The maximum Gasteiger partial charge on any atom is 0.173 e. The summed E-state index contributed by atoms with van der Waals surface area (Å²) >= 11 is 6.01. The summed E-state index contributed by atoms with van der Waals surface area (Å²) in [7, 11) is 0. The molecule has 0 saturated carbocycles. The first-order valence-electron chi connectivity index (χ1n) is 12.9. The maximum absolute atomic E-state index is 6.01. The van der Waals surface area contributed by atoms with Gasteiger partial charge < -0.3 is 15.0 Å². The molecular formula is C29H43N3OS. The summed E-state index contributed by atoms with van der Waals surface area (Å²) in [4.78, 5) is 4.84. The van der Waals surface area contributed by atoms with E-state index in [1.54, 1.807) is 0 Å². The lowest BCUT2D eigenvalue weighted by Gasteiger charge is -2.30. The number of aryl methyl sites for hydroxylation is 2. The Morgan fingerprint density at radius 3 is 2.18 bits per heavy atom. The molecule has 4 nitrogen and oxygen atoms in total. The van der Waals surface area contributed by atoms with Crippen LogP contribution in [0.25, 0.3) is 0 Å². The predicted octanol–water partition coefficient (Wildman–Crippen LogP) is 6.03. The number of morpholine rings is 1. The van der Waals surface area contributed by atoms with Crippen molar-refractivity contribution in [2.75, 3.05) is 44.7 Å². The zero-order valence-electron chi connectivity index (χ0n) is 21.8. The SMILES string of the molecule is CCc1cccc(CC)c1NC(=S)N(CCCN1CCOCC1)Cc1ccc(C(C)(C)C)cc1. The lowest BCUT2D eigenvalue weighted by Crippen LogP contribution is -2.40. The first-order chi connectivity index (χ1) is 16.3. The van der Waals surface area contributed by atoms with Gasteiger partial charge in [0.05, 0.1) is 13.2 Å². The van der Waals surface area contributed by atoms with Crippen LogP contribution in [0, 0.1) is 0 Å². The minimum absolute atomic E-state index is 0.160. The summed E-state index contributed by atoms with van der Waals surface area (Å²) in [6.07, 6.45) is 3.06. The van der Waals surface area contributed by atoms with Crippen LogP contribution in [0.4, 0.5) is 5.69 Å². The van der Waals surface area contributed by atoms with Crippen molar-refractivity contribution in [2.45, 2.75) is 65.8 Å². The normalized spacial score (nSPS) is 14.7. The highest BCUT2D eigenvalue weighted by Crippen LogP contribution is 2.25. The Morgan fingerprint density at radius 1 is 1.00 bits per heavy atom. The van der Waals surface area contributed by atoms with E-state index in [0.29, 0.717) is 0 Å². The lowest BCUT2D eigenvalue weighted by molar-refractivity contribution is 0.0368. The average Bonchev–Trinajstić information content (AvgIpc) is 2.84. The Balaban J connectivity index is 1.74. The van der Waals surface area contributed by atoms with Gasteiger partial charge in [-0.05, 0) is 59.1 Å². The Bertz CT molecular complexity index is 892. The molecule has 1 heterocycles. The molecule has 1 saturated heterocycles. The molecule has 1 aliphatic rings. The fraction of sp³-hybridized carbons (Fsp3) is 0.552. The molecule has 0 radical (unpaired) electrons. The first-order valence-corrected chi connectivity index (χ1v) is 13.3. The zero-order valence-corrected chi connectivity index (χ0v) is 22.6. The predicted molar refractivity (Wildman–Crippen MR) is 149 cm³/mol. The molecule has 3 rings (SSSR count). The standard InChI is InChI=1S/C29H43N3OS/c1-6-24-10-8-11-25(7-2)27(24)30-28(34)32(17-9-16-31-18-20-33-21-19-31)22-23-12-14-26(15-13-23)29(3,4)5/h8,10-15H,6-7,9,16-22H2,1-5H3,(H,30,34). The van der Waals surface area contributed by atoms with E-state index in [9.17, 15) is 0 Å². The number of nitrogens with zero attached hydrogens (tertiary/aromatic N) is 2. The number of thiocarbonyl (C=S) groups is 1. The third-order valence-electron chi connectivity index (χ3n) is 6.72. The van der Waals surface area contributed by atoms with Crippen molar-refractivity contribution in [3.05, 3.63) is 64.7 Å². The third-order valence-corrected chi connectivity index (χ3v) is 7.08. The van der Waals surface area contributed by atoms with Gasteiger partial charge in [-0.25, -0.2) is 0 Å². The summed E-state index contributed by atoms with van der Waals surface area (Å²) < 4.78 is 5.50. The molecule has 0 bridgehead atoms. The molecule has 5 heteroatoms. The molecule has 1 aliphatic heterocycles. The van der Waals surface area contributed by atoms with Crippen molar-refractivity contribution in [1.82, 2.24) is 9.80 Å². The van der Waals surface area contributed by atoms with Crippen LogP contribution in [0.3, 0.4) is 0 Å². The summed E-state index contributed by atoms with van der Waals surface area (Å²) in [5.74, 6) is 0. The number of nitrogens with one attached hydrogen (secondary N) is 1. The van der Waals surface area contributed by atoms with Gasteiger partial charge in [0.1, 0.15) is 0 Å². The van der Waals surface area contributed by atoms with Crippen LogP contribution in [-0.2, 0) is 29.5 Å². The van der Waals surface area contributed by atoms with Crippen LogP contribution in [0.1, 0.15) is 63.3 Å². The molecule has 34 heavy (non-hydrogen) atoms. The summed E-state index contributed by atoms with van der Waals surface area (Å²) in [6.45, 7) is 17.8. The van der Waals surface area contributed by atoms with E-state index in [1.807, 2.05) is 0 Å². The van der Waals surface area contributed by atoms with Crippen molar-refractivity contribution in [1.29, 1.82) is 0 Å². The molecule has 1 N–H and O–H groups in total. The molecule has 186 valence electrons. The number of hydrogen-bond donors (Lipinski definition) is 1. The van der Waals surface area contributed by atoms with E-state index >= 15 is 0 Å². The van der Waals surface area contributed by atoms with E-state index in [2.05, 4.69) is 92.2 Å². The van der Waals surface area contributed by atoms with Crippen LogP contribution in [-0.4, -0.2) is 54.3 Å². The molecule has 2 aromatic rings. The van der Waals surface area contributed by atoms with Crippen LogP contribution in [0.15, 0.2) is 42.5 Å². The molecule has 0 aromatic heterocycles. The van der Waals surface area contributed by atoms with Crippen LogP contribution >= 0.6 is 12.2 Å². The monoisotopic (exact) mass is 481 g/mol. The van der Waals surface area contributed by atoms with Crippen LogP contribution < -0.4 is 5.32 Å². The highest BCUT2D eigenvalue weighted by Gasteiger charge is 2.17. The minimum Gasteiger partial charge on any atom is -0.379 e. The number of anilines is 1.